The minimum atomic E-state index is -3.83. The number of carbonyl (C=O) groups is 3. The number of hydrazone groups is 1. The zero-order valence-corrected chi connectivity index (χ0v) is 100. The van der Waals surface area contributed by atoms with Crippen LogP contribution in [-0.2, 0) is 59.8 Å². The maximum absolute atomic E-state index is 11.4. The van der Waals surface area contributed by atoms with Crippen LogP contribution in [0.25, 0.3) is 0 Å². The number of hydrogen-bond acceptors (Lipinski definition) is 23. The molecule has 0 aliphatic carbocycles. The Kier molecular flexibility index (Phi) is 87.2. The first-order valence-corrected chi connectivity index (χ1v) is 56.7. The number of hydrogen-bond donors (Lipinski definition) is 11. The van der Waals surface area contributed by atoms with Crippen LogP contribution in [0, 0.1) is 77.2 Å². The lowest BCUT2D eigenvalue weighted by molar-refractivity contribution is -0.485. The number of nitriles is 1. The molecule has 0 atom stereocenters. The van der Waals surface area contributed by atoms with Crippen molar-refractivity contribution < 1.29 is 62.9 Å². The molecule has 43 heteroatoms. The summed E-state index contributed by atoms with van der Waals surface area (Å²) in [5.74, 6) is 4.87. The Balaban J connectivity index is -0.000000200. The smallest absolute Gasteiger partial charge is 0.318 e. The van der Waals surface area contributed by atoms with Gasteiger partial charge in [-0.1, -0.05) is 213 Å². The monoisotopic (exact) mass is 2120 g/mol. The summed E-state index contributed by atoms with van der Waals surface area (Å²) in [6.07, 6.45) is 31.2. The number of sulfonamides is 1. The minimum absolute atomic E-state index is 0.0470. The van der Waals surface area contributed by atoms with Gasteiger partial charge in [-0.2, -0.15) is 30.5 Å². The molecule has 0 spiro atoms. The number of aliphatic imine (C=N–C) groups is 3. The molecule has 0 amide bonds. The number of ether oxygens (including phenoxy) is 1. The van der Waals surface area contributed by atoms with E-state index >= 15 is 0 Å². The summed E-state index contributed by atoms with van der Waals surface area (Å²) in [4.78, 5) is 84.2. The van der Waals surface area contributed by atoms with E-state index in [1.165, 1.54) is 6.42 Å². The van der Waals surface area contributed by atoms with Crippen molar-refractivity contribution in [2.75, 3.05) is 133 Å². The van der Waals surface area contributed by atoms with Crippen molar-refractivity contribution in [1.82, 2.24) is 40.1 Å². The molecule has 15 N–H and O–H groups in total. The van der Waals surface area contributed by atoms with Gasteiger partial charge in [-0.15, -0.1) is 8.80 Å². The molecule has 0 aliphatic rings. The van der Waals surface area contributed by atoms with Crippen molar-refractivity contribution in [3.05, 3.63) is 30.6 Å². The predicted octanol–water partition coefficient (Wildman–Crippen LogP) is 16.4. The third-order valence-corrected chi connectivity index (χ3v) is 21.5. The van der Waals surface area contributed by atoms with E-state index in [9.17, 15) is 67.8 Å². The lowest BCUT2D eigenvalue weighted by Crippen LogP contribution is -2.40. The summed E-state index contributed by atoms with van der Waals surface area (Å²) in [7, 11) is 4.39. The average molecular weight is 2120 g/mol. The first-order chi connectivity index (χ1) is 64.7. The molecule has 39 nitrogen and oxygen atoms in total. The van der Waals surface area contributed by atoms with Crippen LogP contribution >= 0.6 is 0 Å². The molecular weight excluding hydrogens is 1910 g/mol. The molecular formula is C100H210N22O17S4. The number of ketones is 3. The molecule has 143 heavy (non-hydrogen) atoms. The number of carbonyl (C=O) groups excluding carboxylic acids is 3. The van der Waals surface area contributed by atoms with E-state index in [0.29, 0.717) is 142 Å². The van der Waals surface area contributed by atoms with Crippen molar-refractivity contribution in [3.63, 3.8) is 0 Å². The number of methoxy groups -OCH3 is 1. The van der Waals surface area contributed by atoms with E-state index < -0.39 is 45.7 Å². The summed E-state index contributed by atoms with van der Waals surface area (Å²) in [5, 5.41) is 55.6. The SMILES string of the molecule is CC(C)(C)CCCC(=O)CO.CC(C)(C)CCCCC(N)=NS(N)(=O)=O.CC(C)CCCN/C(=N/[N+](=O)[O-])N(C)C.CC(C)CCCN=C(NC#N)N(C)C.CCC(=O)CCCC(C)(C)C.CN(C)C(CCCCC(C)(C)C)=NS(N)(=O)=O.CN(C)c1c(NCCCC(C)(C)C)c(=O)c1=O.CN=C(CCCCC(C)(C)C)NS(N)(=O)=O.CN=C(NCCCC(C)C)NS(C)(=O)=O.COCC(=O)CCCC(C)(C)C. The number of guanidine groups is 3. The van der Waals surface area contributed by atoms with E-state index in [-0.39, 0.29) is 41.5 Å². The Labute approximate surface area is 870 Å². The van der Waals surface area contributed by atoms with Crippen LogP contribution in [0.15, 0.2) is 38.5 Å². The number of nitrogens with one attached hydrogen (secondary N) is 6. The molecule has 0 unspecified atom stereocenters. The van der Waals surface area contributed by atoms with Gasteiger partial charge in [0.1, 0.15) is 53.0 Å². The maximum Gasteiger partial charge on any atom is 0.318 e. The van der Waals surface area contributed by atoms with Crippen LogP contribution in [0.1, 0.15) is 386 Å². The van der Waals surface area contributed by atoms with Crippen molar-refractivity contribution in [2.45, 2.75) is 386 Å². The number of nitrogens with zero attached hydrogens (tertiary/aromatic N) is 12. The lowest BCUT2D eigenvalue weighted by Gasteiger charge is -2.21. The quantitative estimate of drug-likeness (QED) is 0.00422. The number of unbranched alkanes of at least 4 members (excludes halogenated alkanes) is 3. The van der Waals surface area contributed by atoms with Gasteiger partial charge in [0.25, 0.3) is 27.0 Å². The fourth-order valence-electron chi connectivity index (χ4n) is 11.8. The zero-order valence-electron chi connectivity index (χ0n) is 97.0. The Bertz CT molecular complexity index is 4320. The molecule has 0 heterocycles. The third-order valence-electron chi connectivity index (χ3n) is 19.5. The maximum atomic E-state index is 11.4. The molecule has 0 saturated heterocycles. The van der Waals surface area contributed by atoms with Gasteiger partial charge in [0.15, 0.2) is 22.8 Å². The Morgan fingerprint density at radius 1 is 0.490 bits per heavy atom. The third kappa shape index (κ3) is 127. The highest BCUT2D eigenvalue weighted by Gasteiger charge is 2.24. The van der Waals surface area contributed by atoms with Crippen LogP contribution in [-0.4, -0.2) is 234 Å². The summed E-state index contributed by atoms with van der Waals surface area (Å²) in [6, 6.07) is 0. The summed E-state index contributed by atoms with van der Waals surface area (Å²) in [5.41, 5.74) is 7.88. The minimum Gasteiger partial charge on any atom is -0.389 e. The van der Waals surface area contributed by atoms with Gasteiger partial charge in [-0.3, -0.25) is 53.7 Å². The predicted molar refractivity (Wildman–Crippen MR) is 602 cm³/mol. The number of aliphatic hydroxyl groups excluding tert-OH is 1. The van der Waals surface area contributed by atoms with Gasteiger partial charge in [0.2, 0.25) is 21.9 Å². The van der Waals surface area contributed by atoms with E-state index in [2.05, 4.69) is 247 Å². The van der Waals surface area contributed by atoms with Gasteiger partial charge in [0, 0.05) is 149 Å². The second-order valence-corrected chi connectivity index (χ2v) is 51.6. The molecule has 0 radical (unpaired) electrons. The van der Waals surface area contributed by atoms with Crippen LogP contribution < -0.4 is 67.6 Å². The van der Waals surface area contributed by atoms with E-state index in [1.807, 2.05) is 27.2 Å². The number of anilines is 2. The number of nitro groups is 1. The fourth-order valence-corrected chi connectivity index (χ4v) is 13.8. The van der Waals surface area contributed by atoms with Crippen LogP contribution in [0.5, 0.6) is 0 Å². The van der Waals surface area contributed by atoms with Crippen molar-refractivity contribution in [2.24, 2.45) is 106 Å². The first kappa shape index (κ1) is 153. The summed E-state index contributed by atoms with van der Waals surface area (Å²) in [6.45, 7) is 63.7. The van der Waals surface area contributed by atoms with Crippen LogP contribution in [0.2, 0.25) is 0 Å². The molecule has 1 aromatic rings. The number of nitrogens with two attached hydrogens (primary N) is 4. The Morgan fingerprint density at radius 2 is 0.867 bits per heavy atom. The number of amidine groups is 3. The van der Waals surface area contributed by atoms with E-state index in [4.69, 9.17) is 36.3 Å². The molecule has 0 bridgehead atoms. The second kappa shape index (κ2) is 81.4. The average Bonchev–Trinajstić information content (AvgIpc) is 0.773. The van der Waals surface area contributed by atoms with E-state index in [1.54, 1.807) is 83.1 Å². The fraction of sp³-hybridized carbons (Fsp3) is 0.860. The van der Waals surface area contributed by atoms with E-state index in [0.717, 1.165) is 179 Å². The van der Waals surface area contributed by atoms with Crippen molar-refractivity contribution >= 4 is 105 Å². The number of rotatable bonds is 47. The largest absolute Gasteiger partial charge is 0.389 e. The zero-order chi connectivity index (χ0) is 114. The second-order valence-electron chi connectivity index (χ2n) is 46.1. The number of Topliss-reactive ketones (excluding diaryl/α,β-unsaturated/α-hetero) is 3. The van der Waals surface area contributed by atoms with Gasteiger partial charge in [-0.05, 0) is 184 Å². The van der Waals surface area contributed by atoms with Crippen LogP contribution in [0.3, 0.4) is 0 Å². The van der Waals surface area contributed by atoms with Crippen molar-refractivity contribution in [1.29, 1.82) is 5.26 Å². The van der Waals surface area contributed by atoms with Crippen molar-refractivity contribution in [3.8, 4) is 6.19 Å². The van der Waals surface area contributed by atoms with Gasteiger partial charge < -0.3 is 51.1 Å². The Morgan fingerprint density at radius 3 is 1.20 bits per heavy atom. The highest BCUT2D eigenvalue weighted by atomic mass is 32.2. The highest BCUT2D eigenvalue weighted by Crippen LogP contribution is 2.28. The molecule has 0 aromatic heterocycles. The normalized spacial score (nSPS) is 12.6. The molecule has 0 saturated carbocycles. The standard InChI is InChI=1S/C13H22N2O2.C11H25N3O2S.C10H20N4.C10H23N3O2S.C10H20O2.C10H20O.C9H20N4O2.2C9H21N3O2S.C9H18O2/c1-13(2,3)7-6-8-14-9-10(15(4)5)12(17)11(9)16;1-11(2,3)9-7-6-8-10(14(4)5)13-17(12,15)16;1-9(2)6-5-7-12-10(13-8-11)14(3)4;1-10(2,3)8-6-5-7-9(12-4)13-16(11,14)15;1-10(2,3)7-5-6-9(11)8-12-4;1-5-9(11)7-6-8-10(2,3)4;1-8(2)6-5-7-10-9(12(3)4)11-13(14)15;1-8(2)6-5-7-11-9(10-3)12-15(4,13)14;1-9(2,3)7-5-4-6-8(10)12-15(11,13)14;1-9(2,3)6-4-5-8(11)7-10/h14H,6-8H2,1-5H3;6-9H2,1-5H3,(H2,12,15,16);9H,5-7H2,1-4H3,(H,12,13);5-8H2,1-4H3,(H,12,13)(H2,11,14,15);5-8H2,1-4H3;5-8H2,1-4H3;8H,5-7H2,1-4H3,(H,10,11);8H,5-7H2,1-4H3,(H2,10,11,12);4-7H2,1-3H3,(H2,10,12)(H2,11,13,14);10H,4-7H2,1-3H3. The summed E-state index contributed by atoms with van der Waals surface area (Å²) < 4.78 is 102. The topological polar surface area (TPSA) is 582 Å². The summed E-state index contributed by atoms with van der Waals surface area (Å²) >= 11 is 0. The molecule has 1 rings (SSSR count). The molecule has 1 aromatic carbocycles. The van der Waals surface area contributed by atoms with Gasteiger partial charge in [0.05, 0.1) is 6.26 Å². The first-order valence-electron chi connectivity index (χ1n) is 50.2. The van der Waals surface area contributed by atoms with Gasteiger partial charge in [-0.25, -0.2) is 33.9 Å². The van der Waals surface area contributed by atoms with Crippen LogP contribution in [0.4, 0.5) is 11.4 Å². The highest BCUT2D eigenvalue weighted by molar-refractivity contribution is 7.89. The van der Waals surface area contributed by atoms with Gasteiger partial charge >= 0.3 is 20.4 Å². The Hall–Kier alpha value is -7.60. The molecule has 0 fully saturated rings. The number of aliphatic hydroxyl groups is 1. The lowest BCUT2D eigenvalue weighted by atomic mass is 9.89. The molecule has 0 aliphatic heterocycles. The molecule has 846 valence electrons.